The number of rotatable bonds is 4. The molecule has 2 rings (SSSR count). The van der Waals surface area contributed by atoms with Crippen LogP contribution in [0.1, 0.15) is 24.1 Å². The summed E-state index contributed by atoms with van der Waals surface area (Å²) in [5.74, 6) is 1.37. The number of aromatic nitrogens is 2. The van der Waals surface area contributed by atoms with Gasteiger partial charge in [-0.1, -0.05) is 18.2 Å². The summed E-state index contributed by atoms with van der Waals surface area (Å²) in [6, 6.07) is 6.70. The van der Waals surface area contributed by atoms with Crippen molar-refractivity contribution in [3.8, 4) is 0 Å². The Morgan fingerprint density at radius 1 is 1.25 bits per heavy atom. The van der Waals surface area contributed by atoms with Crippen molar-refractivity contribution < 1.29 is 4.39 Å². The normalized spacial score (nSPS) is 12.1. The van der Waals surface area contributed by atoms with Crippen LogP contribution in [0.25, 0.3) is 0 Å². The highest BCUT2D eigenvalue weighted by atomic mass is 19.1. The molecule has 1 aromatic heterocycles. The van der Waals surface area contributed by atoms with Crippen LogP contribution in [-0.2, 0) is 0 Å². The molecule has 0 amide bonds. The second-order valence-electron chi connectivity index (χ2n) is 4.73. The number of benzene rings is 1. The average Bonchev–Trinajstić information content (AvgIpc) is 2.46. The van der Waals surface area contributed by atoms with Gasteiger partial charge in [-0.15, -0.1) is 0 Å². The van der Waals surface area contributed by atoms with Crippen molar-refractivity contribution in [1.82, 2.24) is 9.97 Å². The van der Waals surface area contributed by atoms with Crippen LogP contribution in [0.15, 0.2) is 30.6 Å². The molecule has 0 radical (unpaired) electrons. The van der Waals surface area contributed by atoms with Crippen LogP contribution < -0.4 is 10.2 Å². The summed E-state index contributed by atoms with van der Waals surface area (Å²) < 4.78 is 13.9. The van der Waals surface area contributed by atoms with Crippen molar-refractivity contribution in [3.05, 3.63) is 47.5 Å². The average molecular weight is 274 g/mol. The molecule has 0 bridgehead atoms. The van der Waals surface area contributed by atoms with Crippen molar-refractivity contribution in [3.63, 3.8) is 0 Å². The van der Waals surface area contributed by atoms with Gasteiger partial charge in [-0.05, 0) is 19.9 Å². The van der Waals surface area contributed by atoms with Crippen molar-refractivity contribution in [1.29, 1.82) is 0 Å². The molecule has 1 heterocycles. The van der Waals surface area contributed by atoms with Gasteiger partial charge in [0.15, 0.2) is 0 Å². The van der Waals surface area contributed by atoms with Gasteiger partial charge in [-0.2, -0.15) is 0 Å². The molecule has 1 unspecified atom stereocenters. The van der Waals surface area contributed by atoms with Crippen LogP contribution in [0.4, 0.5) is 16.0 Å². The van der Waals surface area contributed by atoms with Gasteiger partial charge in [0.25, 0.3) is 0 Å². The molecule has 1 N–H and O–H groups in total. The quantitative estimate of drug-likeness (QED) is 0.929. The van der Waals surface area contributed by atoms with Crippen molar-refractivity contribution in [2.45, 2.75) is 19.9 Å². The molecule has 4 nitrogen and oxygen atoms in total. The minimum atomic E-state index is -0.201. The molecule has 5 heteroatoms. The lowest BCUT2D eigenvalue weighted by Crippen LogP contribution is -2.24. The van der Waals surface area contributed by atoms with Crippen LogP contribution in [0.3, 0.4) is 0 Å². The lowest BCUT2D eigenvalue weighted by molar-refractivity contribution is 0.583. The Bertz CT molecular complexity index is 600. The zero-order valence-electron chi connectivity index (χ0n) is 12.2. The smallest absolute Gasteiger partial charge is 0.137 e. The number of hydrogen-bond donors (Lipinski definition) is 1. The van der Waals surface area contributed by atoms with Crippen LogP contribution in [-0.4, -0.2) is 24.1 Å². The minimum Gasteiger partial charge on any atom is -0.373 e. The van der Waals surface area contributed by atoms with Gasteiger partial charge in [-0.3, -0.25) is 0 Å². The van der Waals surface area contributed by atoms with Gasteiger partial charge >= 0.3 is 0 Å². The van der Waals surface area contributed by atoms with E-state index in [1.54, 1.807) is 12.1 Å². The minimum absolute atomic E-state index is 0.116. The van der Waals surface area contributed by atoms with Gasteiger partial charge in [0.1, 0.15) is 23.8 Å². The molecule has 0 aliphatic carbocycles. The highest BCUT2D eigenvalue weighted by Gasteiger charge is 2.19. The van der Waals surface area contributed by atoms with Crippen molar-refractivity contribution in [2.24, 2.45) is 0 Å². The molecule has 106 valence electrons. The maximum absolute atomic E-state index is 13.9. The zero-order chi connectivity index (χ0) is 14.7. The van der Waals surface area contributed by atoms with E-state index in [0.717, 1.165) is 17.2 Å². The molecule has 0 saturated carbocycles. The molecule has 0 aliphatic rings. The van der Waals surface area contributed by atoms with E-state index in [0.29, 0.717) is 5.56 Å². The molecule has 2 aromatic rings. The van der Waals surface area contributed by atoms with E-state index < -0.39 is 0 Å². The Morgan fingerprint density at radius 3 is 2.60 bits per heavy atom. The van der Waals surface area contributed by atoms with E-state index in [1.807, 2.05) is 38.9 Å². The molecule has 20 heavy (non-hydrogen) atoms. The third-order valence-electron chi connectivity index (χ3n) is 3.56. The maximum atomic E-state index is 13.9. The van der Waals surface area contributed by atoms with E-state index in [1.165, 1.54) is 12.4 Å². The monoisotopic (exact) mass is 274 g/mol. The van der Waals surface area contributed by atoms with Gasteiger partial charge < -0.3 is 10.2 Å². The summed E-state index contributed by atoms with van der Waals surface area (Å²) in [5.41, 5.74) is 1.60. The third kappa shape index (κ3) is 2.57. The van der Waals surface area contributed by atoms with E-state index in [-0.39, 0.29) is 11.9 Å². The number of anilines is 2. The zero-order valence-corrected chi connectivity index (χ0v) is 12.2. The summed E-state index contributed by atoms with van der Waals surface area (Å²) >= 11 is 0. The molecule has 0 spiro atoms. The molecular weight excluding hydrogens is 255 g/mol. The first-order chi connectivity index (χ1) is 9.56. The second-order valence-corrected chi connectivity index (χ2v) is 4.73. The Hall–Kier alpha value is -2.17. The SMILES string of the molecule is CNc1ncnc(N(C)C(C)c2ccccc2F)c1C. The number of hydrogen-bond acceptors (Lipinski definition) is 4. The topological polar surface area (TPSA) is 41.1 Å². The van der Waals surface area contributed by atoms with Gasteiger partial charge in [0.05, 0.1) is 6.04 Å². The Morgan fingerprint density at radius 2 is 1.95 bits per heavy atom. The standard InChI is InChI=1S/C15H19FN4/c1-10-14(17-3)18-9-19-15(10)20(4)11(2)12-7-5-6-8-13(12)16/h5-9,11H,1-4H3,(H,17,18,19). The summed E-state index contributed by atoms with van der Waals surface area (Å²) in [6.45, 7) is 3.91. The molecule has 0 fully saturated rings. The molecule has 0 saturated heterocycles. The fourth-order valence-electron chi connectivity index (χ4n) is 2.25. The van der Waals surface area contributed by atoms with Crippen LogP contribution >= 0.6 is 0 Å². The van der Waals surface area contributed by atoms with Gasteiger partial charge in [0.2, 0.25) is 0 Å². The molecular formula is C15H19FN4. The van der Waals surface area contributed by atoms with E-state index in [9.17, 15) is 4.39 Å². The Kier molecular flexibility index (Phi) is 4.17. The number of nitrogens with zero attached hydrogens (tertiary/aromatic N) is 3. The number of nitrogens with one attached hydrogen (secondary N) is 1. The van der Waals surface area contributed by atoms with E-state index in [2.05, 4.69) is 15.3 Å². The van der Waals surface area contributed by atoms with Crippen LogP contribution in [0.5, 0.6) is 0 Å². The molecule has 1 aromatic carbocycles. The predicted octanol–water partition coefficient (Wildman–Crippen LogP) is 3.16. The van der Waals surface area contributed by atoms with Gasteiger partial charge in [0, 0.05) is 25.2 Å². The summed E-state index contributed by atoms with van der Waals surface area (Å²) in [7, 11) is 3.73. The van der Waals surface area contributed by atoms with E-state index >= 15 is 0 Å². The largest absolute Gasteiger partial charge is 0.373 e. The second kappa shape index (κ2) is 5.86. The third-order valence-corrected chi connectivity index (χ3v) is 3.56. The van der Waals surface area contributed by atoms with Crippen molar-refractivity contribution in [2.75, 3.05) is 24.3 Å². The predicted molar refractivity (Wildman–Crippen MR) is 79.5 cm³/mol. The number of halogens is 1. The fourth-order valence-corrected chi connectivity index (χ4v) is 2.25. The first-order valence-electron chi connectivity index (χ1n) is 6.52. The van der Waals surface area contributed by atoms with Gasteiger partial charge in [-0.25, -0.2) is 14.4 Å². The molecule has 0 aliphatic heterocycles. The van der Waals surface area contributed by atoms with E-state index in [4.69, 9.17) is 0 Å². The first kappa shape index (κ1) is 14.2. The summed E-state index contributed by atoms with van der Waals surface area (Å²) in [6.07, 6.45) is 1.51. The highest BCUT2D eigenvalue weighted by molar-refractivity contribution is 5.58. The summed E-state index contributed by atoms with van der Waals surface area (Å²) in [4.78, 5) is 10.4. The molecule has 1 atom stereocenters. The van der Waals surface area contributed by atoms with Crippen molar-refractivity contribution >= 4 is 11.6 Å². The highest BCUT2D eigenvalue weighted by Crippen LogP contribution is 2.29. The Balaban J connectivity index is 2.36. The first-order valence-corrected chi connectivity index (χ1v) is 6.52. The Labute approximate surface area is 118 Å². The fraction of sp³-hybridized carbons (Fsp3) is 0.333. The summed E-state index contributed by atoms with van der Waals surface area (Å²) in [5, 5.41) is 3.03. The lowest BCUT2D eigenvalue weighted by atomic mass is 10.1. The van der Waals surface area contributed by atoms with Crippen LogP contribution in [0, 0.1) is 12.7 Å². The lowest BCUT2D eigenvalue weighted by Gasteiger charge is -2.28. The maximum Gasteiger partial charge on any atom is 0.137 e. The van der Waals surface area contributed by atoms with Crippen LogP contribution in [0.2, 0.25) is 0 Å².